The number of rotatable bonds is 5. The summed E-state index contributed by atoms with van der Waals surface area (Å²) in [5, 5.41) is 9.84. The quantitative estimate of drug-likeness (QED) is 0.609. The zero-order valence-corrected chi connectivity index (χ0v) is 17.4. The van der Waals surface area contributed by atoms with Gasteiger partial charge in [-0.2, -0.15) is 5.26 Å². The molecule has 6 nitrogen and oxygen atoms in total. The number of benzene rings is 3. The third-order valence-electron chi connectivity index (χ3n) is 5.17. The Kier molecular flexibility index (Phi) is 5.20. The van der Waals surface area contributed by atoms with Gasteiger partial charge in [0.25, 0.3) is 20.0 Å². The van der Waals surface area contributed by atoms with Crippen LogP contribution in [0.2, 0.25) is 0 Å². The van der Waals surface area contributed by atoms with Crippen molar-refractivity contribution in [1.29, 1.82) is 5.26 Å². The summed E-state index contributed by atoms with van der Waals surface area (Å²) in [5.74, 6) is -0.904. The van der Waals surface area contributed by atoms with Gasteiger partial charge >= 0.3 is 0 Å². The van der Waals surface area contributed by atoms with Crippen molar-refractivity contribution in [3.05, 3.63) is 96.1 Å². The lowest BCUT2D eigenvalue weighted by molar-refractivity contribution is 0.414. The summed E-state index contributed by atoms with van der Waals surface area (Å²) in [4.78, 5) is -0.283. The van der Waals surface area contributed by atoms with E-state index in [0.717, 1.165) is 5.56 Å². The molecule has 0 N–H and O–H groups in total. The van der Waals surface area contributed by atoms with Gasteiger partial charge in [0.05, 0.1) is 27.8 Å². The fourth-order valence-electron chi connectivity index (χ4n) is 3.80. The van der Waals surface area contributed by atoms with Crippen LogP contribution in [0.3, 0.4) is 0 Å². The maximum atomic E-state index is 13.6. The Labute approximate surface area is 176 Å². The molecule has 0 radical (unpaired) electrons. The number of nitrogens with zero attached hydrogens (tertiary/aromatic N) is 2. The van der Waals surface area contributed by atoms with E-state index in [-0.39, 0.29) is 16.2 Å². The Morgan fingerprint density at radius 3 is 1.70 bits per heavy atom. The van der Waals surface area contributed by atoms with E-state index >= 15 is 0 Å². The summed E-state index contributed by atoms with van der Waals surface area (Å²) in [6.45, 7) is 0. The Bertz CT molecular complexity index is 1250. The average Bonchev–Trinajstić information content (AvgIpc) is 3.12. The van der Waals surface area contributed by atoms with Gasteiger partial charge in [-0.25, -0.2) is 16.8 Å². The lowest BCUT2D eigenvalue weighted by Gasteiger charge is -2.29. The molecule has 0 amide bonds. The Hall–Kier alpha value is -2.99. The first kappa shape index (κ1) is 20.3. The van der Waals surface area contributed by atoms with Crippen molar-refractivity contribution in [2.24, 2.45) is 0 Å². The van der Waals surface area contributed by atoms with Crippen molar-refractivity contribution in [1.82, 2.24) is 3.71 Å². The third kappa shape index (κ3) is 3.31. The average molecular weight is 439 g/mol. The van der Waals surface area contributed by atoms with E-state index in [2.05, 4.69) is 6.07 Å². The normalized spacial score (nSPS) is 18.7. The summed E-state index contributed by atoms with van der Waals surface area (Å²) in [7, 11) is -8.91. The Balaban J connectivity index is 1.93. The first-order chi connectivity index (χ1) is 14.4. The number of nitriles is 1. The number of hydrogen-bond acceptors (Lipinski definition) is 5. The van der Waals surface area contributed by atoms with Crippen LogP contribution >= 0.6 is 0 Å². The standard InChI is InChI=1S/C22H18N2O4S2/c23-16-21-20-14-8-7-9-17(20)15-22(21)24(29(25,26)18-10-3-1-4-11-18)30(27,28)19-12-5-2-6-13-19/h1-14,21-22H,15H2/t21-,22-/m1/s1. The molecular weight excluding hydrogens is 420 g/mol. The highest BCUT2D eigenvalue weighted by atomic mass is 32.3. The van der Waals surface area contributed by atoms with E-state index in [1.807, 2.05) is 0 Å². The van der Waals surface area contributed by atoms with Crippen molar-refractivity contribution >= 4 is 20.0 Å². The van der Waals surface area contributed by atoms with E-state index in [9.17, 15) is 22.1 Å². The smallest absolute Gasteiger partial charge is 0.206 e. The van der Waals surface area contributed by atoms with Gasteiger partial charge in [0.2, 0.25) is 0 Å². The number of sulfonamides is 2. The molecule has 2 atom stereocenters. The molecule has 8 heteroatoms. The molecule has 0 unspecified atom stereocenters. The van der Waals surface area contributed by atoms with Crippen LogP contribution in [0.4, 0.5) is 0 Å². The molecule has 0 saturated carbocycles. The molecule has 0 bridgehead atoms. The second-order valence-corrected chi connectivity index (χ2v) is 10.8. The Morgan fingerprint density at radius 1 is 0.733 bits per heavy atom. The third-order valence-corrected chi connectivity index (χ3v) is 9.57. The molecule has 0 aliphatic heterocycles. The zero-order valence-electron chi connectivity index (χ0n) is 15.8. The molecule has 0 saturated heterocycles. The molecule has 0 fully saturated rings. The summed E-state index contributed by atoms with van der Waals surface area (Å²) in [5.41, 5.74) is 1.42. The summed E-state index contributed by atoms with van der Waals surface area (Å²) in [6.07, 6.45) is 0.131. The monoisotopic (exact) mass is 438 g/mol. The van der Waals surface area contributed by atoms with Crippen LogP contribution in [0.25, 0.3) is 0 Å². The van der Waals surface area contributed by atoms with E-state index < -0.39 is 32.0 Å². The molecule has 0 spiro atoms. The first-order valence-corrected chi connectivity index (χ1v) is 12.1. The molecule has 3 aromatic carbocycles. The van der Waals surface area contributed by atoms with E-state index in [1.54, 1.807) is 36.4 Å². The van der Waals surface area contributed by atoms with Crippen molar-refractivity contribution in [3.8, 4) is 6.07 Å². The minimum Gasteiger partial charge on any atom is -0.206 e. The fraction of sp³-hybridized carbons (Fsp3) is 0.136. The number of fused-ring (bicyclic) bond motifs is 1. The predicted octanol–water partition coefficient (Wildman–Crippen LogP) is 3.30. The predicted molar refractivity (Wildman–Crippen MR) is 111 cm³/mol. The fourth-order valence-corrected chi connectivity index (χ4v) is 7.88. The van der Waals surface area contributed by atoms with Crippen LogP contribution in [0.5, 0.6) is 0 Å². The number of hydrogen-bond donors (Lipinski definition) is 0. The van der Waals surface area contributed by atoms with Gasteiger partial charge in [-0.05, 0) is 41.8 Å². The maximum absolute atomic E-state index is 13.6. The minimum atomic E-state index is -4.46. The molecule has 1 aliphatic rings. The van der Waals surface area contributed by atoms with Crippen molar-refractivity contribution in [2.75, 3.05) is 0 Å². The highest BCUT2D eigenvalue weighted by Gasteiger charge is 2.48. The molecular formula is C22H18N2O4S2. The Morgan fingerprint density at radius 2 is 1.20 bits per heavy atom. The van der Waals surface area contributed by atoms with Crippen LogP contribution in [0.1, 0.15) is 17.0 Å². The van der Waals surface area contributed by atoms with E-state index in [1.165, 1.54) is 48.5 Å². The molecule has 3 aromatic rings. The van der Waals surface area contributed by atoms with Crippen molar-refractivity contribution in [2.45, 2.75) is 28.2 Å². The summed E-state index contributed by atoms with van der Waals surface area (Å²) >= 11 is 0. The van der Waals surface area contributed by atoms with Gasteiger partial charge in [-0.1, -0.05) is 64.4 Å². The van der Waals surface area contributed by atoms with Crippen LogP contribution in [0.15, 0.2) is 94.7 Å². The molecule has 152 valence electrons. The van der Waals surface area contributed by atoms with Crippen molar-refractivity contribution < 1.29 is 16.8 Å². The molecule has 4 rings (SSSR count). The van der Waals surface area contributed by atoms with Gasteiger partial charge in [0.15, 0.2) is 0 Å². The SMILES string of the molecule is N#C[C@@H]1c2ccccc2C[C@H]1N(S(=O)(=O)c1ccccc1)S(=O)(=O)c1ccccc1. The van der Waals surface area contributed by atoms with E-state index in [4.69, 9.17) is 0 Å². The first-order valence-electron chi connectivity index (χ1n) is 9.24. The van der Waals surface area contributed by atoms with Gasteiger partial charge < -0.3 is 0 Å². The molecule has 1 aliphatic carbocycles. The summed E-state index contributed by atoms with van der Waals surface area (Å²) in [6, 6.07) is 23.0. The minimum absolute atomic E-state index is 0.131. The van der Waals surface area contributed by atoms with Crippen LogP contribution in [0, 0.1) is 11.3 Å². The van der Waals surface area contributed by atoms with Crippen LogP contribution < -0.4 is 0 Å². The van der Waals surface area contributed by atoms with Crippen LogP contribution in [-0.4, -0.2) is 26.6 Å². The topological polar surface area (TPSA) is 95.3 Å². The lowest BCUT2D eigenvalue weighted by Crippen LogP contribution is -2.46. The van der Waals surface area contributed by atoms with Crippen LogP contribution in [-0.2, 0) is 26.5 Å². The van der Waals surface area contributed by atoms with Gasteiger partial charge in [0.1, 0.15) is 0 Å². The molecule has 30 heavy (non-hydrogen) atoms. The second kappa shape index (κ2) is 7.69. The highest BCUT2D eigenvalue weighted by Crippen LogP contribution is 2.40. The largest absolute Gasteiger partial charge is 0.256 e. The molecule has 0 heterocycles. The van der Waals surface area contributed by atoms with E-state index in [0.29, 0.717) is 9.27 Å². The summed E-state index contributed by atoms with van der Waals surface area (Å²) < 4.78 is 54.9. The zero-order chi connectivity index (χ0) is 21.4. The molecule has 0 aromatic heterocycles. The van der Waals surface area contributed by atoms with Crippen molar-refractivity contribution in [3.63, 3.8) is 0 Å². The highest BCUT2D eigenvalue weighted by molar-refractivity contribution is 8.04. The van der Waals surface area contributed by atoms with Gasteiger partial charge in [-0.15, -0.1) is 0 Å². The lowest BCUT2D eigenvalue weighted by atomic mass is 10.0. The van der Waals surface area contributed by atoms with Gasteiger partial charge in [-0.3, -0.25) is 0 Å². The second-order valence-electron chi connectivity index (χ2n) is 6.94. The maximum Gasteiger partial charge on any atom is 0.256 e. The van der Waals surface area contributed by atoms with Gasteiger partial charge in [0, 0.05) is 0 Å².